The molecule has 0 atom stereocenters. The lowest BCUT2D eigenvalue weighted by atomic mass is 10.2. The molecule has 29 heavy (non-hydrogen) atoms. The standard InChI is InChI=1S/C20H23BrN2O5S/c1-3-4-13-28-20(25)15-9-11-16(12-10-15)22-19(24)14-23(29(2,26)27)18-8-6-5-7-17(18)21/h5-12H,3-4,13-14H2,1-2H3,(H,22,24). The lowest BCUT2D eigenvalue weighted by Gasteiger charge is -2.23. The van der Waals surface area contributed by atoms with Crippen molar-refractivity contribution in [2.75, 3.05) is 29.0 Å². The van der Waals surface area contributed by atoms with Crippen LogP contribution in [-0.4, -0.2) is 39.7 Å². The number of anilines is 2. The number of carbonyl (C=O) groups is 2. The van der Waals surface area contributed by atoms with Crippen LogP contribution in [0, 0.1) is 0 Å². The highest BCUT2D eigenvalue weighted by Gasteiger charge is 2.22. The average molecular weight is 483 g/mol. The van der Waals surface area contributed by atoms with E-state index in [0.717, 1.165) is 23.4 Å². The first kappa shape index (κ1) is 22.9. The Morgan fingerprint density at radius 3 is 2.34 bits per heavy atom. The van der Waals surface area contributed by atoms with Crippen molar-refractivity contribution in [3.63, 3.8) is 0 Å². The summed E-state index contributed by atoms with van der Waals surface area (Å²) in [6.45, 7) is 1.99. The molecule has 0 radical (unpaired) electrons. The molecule has 0 fully saturated rings. The third kappa shape index (κ3) is 6.86. The van der Waals surface area contributed by atoms with E-state index in [1.165, 1.54) is 0 Å². The zero-order valence-corrected chi connectivity index (χ0v) is 18.6. The van der Waals surface area contributed by atoms with Crippen LogP contribution < -0.4 is 9.62 Å². The van der Waals surface area contributed by atoms with E-state index in [9.17, 15) is 18.0 Å². The predicted molar refractivity (Wildman–Crippen MR) is 117 cm³/mol. The van der Waals surface area contributed by atoms with E-state index in [4.69, 9.17) is 4.74 Å². The second-order valence-electron chi connectivity index (χ2n) is 6.34. The number of nitrogens with one attached hydrogen (secondary N) is 1. The van der Waals surface area contributed by atoms with E-state index in [0.29, 0.717) is 28.0 Å². The molecule has 0 aliphatic carbocycles. The summed E-state index contributed by atoms with van der Waals surface area (Å²) in [5.74, 6) is -0.932. The van der Waals surface area contributed by atoms with Crippen molar-refractivity contribution in [3.05, 3.63) is 58.6 Å². The maximum Gasteiger partial charge on any atom is 0.338 e. The number of nitrogens with zero attached hydrogens (tertiary/aromatic N) is 1. The molecule has 1 N–H and O–H groups in total. The van der Waals surface area contributed by atoms with E-state index in [1.807, 2.05) is 6.92 Å². The van der Waals surface area contributed by atoms with Gasteiger partial charge in [-0.3, -0.25) is 9.10 Å². The summed E-state index contributed by atoms with van der Waals surface area (Å²) in [6.07, 6.45) is 2.77. The van der Waals surface area contributed by atoms with Crippen molar-refractivity contribution in [1.29, 1.82) is 0 Å². The molecule has 0 unspecified atom stereocenters. The minimum atomic E-state index is -3.68. The first-order chi connectivity index (χ1) is 13.7. The van der Waals surface area contributed by atoms with Crippen molar-refractivity contribution < 1.29 is 22.7 Å². The van der Waals surface area contributed by atoms with Gasteiger partial charge < -0.3 is 10.1 Å². The molecule has 0 heterocycles. The van der Waals surface area contributed by atoms with Gasteiger partial charge in [0.05, 0.1) is 24.1 Å². The minimum Gasteiger partial charge on any atom is -0.462 e. The number of ether oxygens (including phenoxy) is 1. The number of para-hydroxylation sites is 1. The SMILES string of the molecule is CCCCOC(=O)c1ccc(NC(=O)CN(c2ccccc2Br)S(C)(=O)=O)cc1. The minimum absolute atomic E-state index is 0.365. The van der Waals surface area contributed by atoms with Crippen molar-refractivity contribution in [3.8, 4) is 0 Å². The summed E-state index contributed by atoms with van der Waals surface area (Å²) in [5.41, 5.74) is 1.20. The summed E-state index contributed by atoms with van der Waals surface area (Å²) >= 11 is 3.31. The van der Waals surface area contributed by atoms with Crippen LogP contribution in [0.4, 0.5) is 11.4 Å². The summed E-state index contributed by atoms with van der Waals surface area (Å²) in [7, 11) is -3.68. The molecule has 0 spiro atoms. The molecule has 156 valence electrons. The van der Waals surface area contributed by atoms with E-state index in [-0.39, 0.29) is 6.54 Å². The number of rotatable bonds is 9. The Bertz CT molecular complexity index is 961. The molecule has 0 saturated carbocycles. The number of unbranched alkanes of at least 4 members (excludes halogenated alkanes) is 1. The largest absolute Gasteiger partial charge is 0.462 e. The average Bonchev–Trinajstić information content (AvgIpc) is 2.66. The number of carbonyl (C=O) groups excluding carboxylic acids is 2. The first-order valence-electron chi connectivity index (χ1n) is 9.01. The molecule has 0 aliphatic heterocycles. The Morgan fingerprint density at radius 2 is 1.76 bits per heavy atom. The second kappa shape index (κ2) is 10.4. The van der Waals surface area contributed by atoms with Gasteiger partial charge >= 0.3 is 5.97 Å². The molecule has 2 aromatic rings. The highest BCUT2D eigenvalue weighted by atomic mass is 79.9. The van der Waals surface area contributed by atoms with Crippen molar-refractivity contribution in [2.24, 2.45) is 0 Å². The van der Waals surface area contributed by atoms with Crippen molar-refractivity contribution in [2.45, 2.75) is 19.8 Å². The zero-order chi connectivity index (χ0) is 21.4. The van der Waals surface area contributed by atoms with Crippen LogP contribution in [0.1, 0.15) is 30.1 Å². The Morgan fingerprint density at radius 1 is 1.10 bits per heavy atom. The summed E-state index contributed by atoms with van der Waals surface area (Å²) in [4.78, 5) is 24.3. The van der Waals surface area contributed by atoms with E-state index in [2.05, 4.69) is 21.2 Å². The topological polar surface area (TPSA) is 92.8 Å². The van der Waals surface area contributed by atoms with E-state index < -0.39 is 21.9 Å². The van der Waals surface area contributed by atoms with Crippen LogP contribution in [0.15, 0.2) is 53.0 Å². The molecule has 7 nitrogen and oxygen atoms in total. The van der Waals surface area contributed by atoms with Crippen LogP contribution in [0.3, 0.4) is 0 Å². The molecule has 2 aromatic carbocycles. The van der Waals surface area contributed by atoms with Gasteiger partial charge in [-0.1, -0.05) is 25.5 Å². The van der Waals surface area contributed by atoms with Gasteiger partial charge in [0.2, 0.25) is 15.9 Å². The molecule has 1 amide bonds. The fraction of sp³-hybridized carbons (Fsp3) is 0.300. The second-order valence-corrected chi connectivity index (χ2v) is 9.10. The van der Waals surface area contributed by atoms with Crippen LogP contribution in [0.2, 0.25) is 0 Å². The van der Waals surface area contributed by atoms with Gasteiger partial charge in [0.25, 0.3) is 0 Å². The fourth-order valence-corrected chi connectivity index (χ4v) is 3.93. The van der Waals surface area contributed by atoms with Gasteiger partial charge in [0.1, 0.15) is 6.54 Å². The molecule has 0 bridgehead atoms. The highest BCUT2D eigenvalue weighted by Crippen LogP contribution is 2.27. The maximum atomic E-state index is 12.4. The number of amides is 1. The monoisotopic (exact) mass is 482 g/mol. The third-order valence-corrected chi connectivity index (χ3v) is 5.74. The van der Waals surface area contributed by atoms with E-state index in [1.54, 1.807) is 48.5 Å². The van der Waals surface area contributed by atoms with Gasteiger partial charge in [-0.15, -0.1) is 0 Å². The van der Waals surface area contributed by atoms with E-state index >= 15 is 0 Å². The zero-order valence-electron chi connectivity index (χ0n) is 16.2. The number of sulfonamides is 1. The van der Waals surface area contributed by atoms with Gasteiger partial charge in [0.15, 0.2) is 0 Å². The molecule has 0 aromatic heterocycles. The molecule has 0 aliphatic rings. The van der Waals surface area contributed by atoms with Crippen LogP contribution in [0.25, 0.3) is 0 Å². The molecular weight excluding hydrogens is 460 g/mol. The first-order valence-corrected chi connectivity index (χ1v) is 11.7. The highest BCUT2D eigenvalue weighted by molar-refractivity contribution is 9.10. The summed E-state index contributed by atoms with van der Waals surface area (Å²) < 4.78 is 31.1. The number of halogens is 1. The number of benzene rings is 2. The number of hydrogen-bond donors (Lipinski definition) is 1. The summed E-state index contributed by atoms with van der Waals surface area (Å²) in [6, 6.07) is 13.0. The Labute approximate surface area is 179 Å². The van der Waals surface area contributed by atoms with Crippen molar-refractivity contribution in [1.82, 2.24) is 0 Å². The molecule has 2 rings (SSSR count). The maximum absolute atomic E-state index is 12.4. The summed E-state index contributed by atoms with van der Waals surface area (Å²) in [5, 5.41) is 2.64. The normalized spacial score (nSPS) is 11.0. The van der Waals surface area contributed by atoms with Crippen molar-refractivity contribution >= 4 is 49.2 Å². The molecule has 0 saturated heterocycles. The Hall–Kier alpha value is -2.39. The quantitative estimate of drug-likeness (QED) is 0.433. The third-order valence-electron chi connectivity index (χ3n) is 3.94. The Balaban J connectivity index is 2.05. The lowest BCUT2D eigenvalue weighted by Crippen LogP contribution is -2.37. The lowest BCUT2D eigenvalue weighted by molar-refractivity contribution is -0.114. The Kier molecular flexibility index (Phi) is 8.21. The van der Waals surface area contributed by atoms with Gasteiger partial charge in [0, 0.05) is 10.2 Å². The smallest absolute Gasteiger partial charge is 0.338 e. The number of hydrogen-bond acceptors (Lipinski definition) is 5. The van der Waals surface area contributed by atoms with Gasteiger partial charge in [-0.25, -0.2) is 13.2 Å². The van der Waals surface area contributed by atoms with Gasteiger partial charge in [-0.2, -0.15) is 0 Å². The van der Waals surface area contributed by atoms with Crippen LogP contribution in [0.5, 0.6) is 0 Å². The van der Waals surface area contributed by atoms with Gasteiger partial charge in [-0.05, 0) is 58.7 Å². The molecular formula is C20H23BrN2O5S. The van der Waals surface area contributed by atoms with Crippen LogP contribution >= 0.6 is 15.9 Å². The number of esters is 1. The fourth-order valence-electron chi connectivity index (χ4n) is 2.45. The molecule has 9 heteroatoms. The predicted octanol–water partition coefficient (Wildman–Crippen LogP) is 3.81. The van der Waals surface area contributed by atoms with Crippen LogP contribution in [-0.2, 0) is 19.6 Å².